The summed E-state index contributed by atoms with van der Waals surface area (Å²) in [6, 6.07) is 0. The highest BCUT2D eigenvalue weighted by Crippen LogP contribution is 2.38. The molecule has 2 rings (SSSR count). The van der Waals surface area contributed by atoms with Gasteiger partial charge in [0.15, 0.2) is 5.69 Å². The number of rotatable bonds is 4. The first kappa shape index (κ1) is 15.8. The van der Waals surface area contributed by atoms with Gasteiger partial charge in [-0.2, -0.15) is 18.3 Å². The minimum Gasteiger partial charge on any atom is -0.382 e. The third-order valence-corrected chi connectivity index (χ3v) is 4.21. The van der Waals surface area contributed by atoms with Gasteiger partial charge >= 0.3 is 6.18 Å². The van der Waals surface area contributed by atoms with Gasteiger partial charge in [-0.05, 0) is 26.2 Å². The molecule has 5 nitrogen and oxygen atoms in total. The van der Waals surface area contributed by atoms with Gasteiger partial charge in [0.1, 0.15) is 5.69 Å². The lowest BCUT2D eigenvalue weighted by Crippen LogP contribution is -2.57. The summed E-state index contributed by atoms with van der Waals surface area (Å²) in [5, 5.41) is 5.47. The zero-order chi connectivity index (χ0) is 15.8. The van der Waals surface area contributed by atoms with Crippen LogP contribution in [0.5, 0.6) is 0 Å². The fourth-order valence-electron chi connectivity index (χ4n) is 2.69. The van der Waals surface area contributed by atoms with Gasteiger partial charge in [-0.25, -0.2) is 0 Å². The summed E-state index contributed by atoms with van der Waals surface area (Å²) >= 11 is 0. The average molecular weight is 305 g/mol. The van der Waals surface area contributed by atoms with E-state index in [0.29, 0.717) is 6.61 Å². The van der Waals surface area contributed by atoms with Crippen LogP contribution in [0.4, 0.5) is 13.2 Å². The van der Waals surface area contributed by atoms with Crippen LogP contribution >= 0.6 is 0 Å². The Labute approximate surface area is 120 Å². The molecular weight excluding hydrogens is 287 g/mol. The molecular formula is C13H18F3N3O2. The SMILES string of the molecule is COCC1(N(C)C(=O)c2n[nH]c(C(F)(F)F)c2C)CCC1. The number of alkyl halides is 3. The van der Waals surface area contributed by atoms with E-state index in [1.54, 1.807) is 14.2 Å². The molecule has 1 saturated carbocycles. The molecule has 1 amide bonds. The van der Waals surface area contributed by atoms with Crippen LogP contribution in [0.15, 0.2) is 0 Å². The second-order valence-electron chi connectivity index (χ2n) is 5.45. The maximum absolute atomic E-state index is 12.7. The fraction of sp³-hybridized carbons (Fsp3) is 0.692. The number of carbonyl (C=O) groups excluding carboxylic acids is 1. The maximum Gasteiger partial charge on any atom is 0.433 e. The molecule has 1 aromatic rings. The Balaban J connectivity index is 2.26. The van der Waals surface area contributed by atoms with Gasteiger partial charge < -0.3 is 9.64 Å². The molecule has 0 aliphatic heterocycles. The van der Waals surface area contributed by atoms with Crippen molar-refractivity contribution >= 4 is 5.91 Å². The molecule has 0 unspecified atom stereocenters. The number of ether oxygens (including phenoxy) is 1. The van der Waals surface area contributed by atoms with E-state index in [4.69, 9.17) is 4.74 Å². The molecule has 8 heteroatoms. The average Bonchev–Trinajstić information content (AvgIpc) is 2.73. The maximum atomic E-state index is 12.7. The Kier molecular flexibility index (Phi) is 4.01. The molecule has 0 aromatic carbocycles. The van der Waals surface area contributed by atoms with Gasteiger partial charge in [0.25, 0.3) is 5.91 Å². The van der Waals surface area contributed by atoms with Gasteiger partial charge in [0, 0.05) is 19.7 Å². The van der Waals surface area contributed by atoms with E-state index in [1.165, 1.54) is 11.8 Å². The van der Waals surface area contributed by atoms with Crippen LogP contribution in [-0.4, -0.2) is 47.3 Å². The molecule has 0 saturated heterocycles. The van der Waals surface area contributed by atoms with E-state index in [0.717, 1.165) is 19.3 Å². The third-order valence-electron chi connectivity index (χ3n) is 4.21. The number of nitrogens with zero attached hydrogens (tertiary/aromatic N) is 2. The van der Waals surface area contributed by atoms with Gasteiger partial charge in [0.2, 0.25) is 0 Å². The van der Waals surface area contributed by atoms with Crippen molar-refractivity contribution in [3.8, 4) is 0 Å². The number of aromatic amines is 1. The van der Waals surface area contributed by atoms with E-state index in [9.17, 15) is 18.0 Å². The topological polar surface area (TPSA) is 58.2 Å². The molecule has 0 atom stereocenters. The summed E-state index contributed by atoms with van der Waals surface area (Å²) in [6.45, 7) is 1.61. The highest BCUT2D eigenvalue weighted by atomic mass is 19.4. The molecule has 118 valence electrons. The Bertz CT molecular complexity index is 535. The summed E-state index contributed by atoms with van der Waals surface area (Å²) in [5.41, 5.74) is -1.78. The smallest absolute Gasteiger partial charge is 0.382 e. The Morgan fingerprint density at radius 2 is 2.10 bits per heavy atom. The number of aromatic nitrogens is 2. The lowest BCUT2D eigenvalue weighted by molar-refractivity contribution is -0.141. The zero-order valence-electron chi connectivity index (χ0n) is 12.2. The number of halogens is 3. The summed E-state index contributed by atoms with van der Waals surface area (Å²) in [4.78, 5) is 13.9. The highest BCUT2D eigenvalue weighted by molar-refractivity contribution is 5.94. The van der Waals surface area contributed by atoms with Crippen molar-refractivity contribution in [2.75, 3.05) is 20.8 Å². The van der Waals surface area contributed by atoms with Crippen molar-refractivity contribution < 1.29 is 22.7 Å². The van der Waals surface area contributed by atoms with Crippen LogP contribution < -0.4 is 0 Å². The molecule has 1 fully saturated rings. The fourth-order valence-corrected chi connectivity index (χ4v) is 2.69. The first-order valence-electron chi connectivity index (χ1n) is 6.62. The molecule has 0 bridgehead atoms. The van der Waals surface area contributed by atoms with Crippen molar-refractivity contribution in [2.45, 2.75) is 37.9 Å². The van der Waals surface area contributed by atoms with Crippen LogP contribution in [0, 0.1) is 6.92 Å². The number of hydrogen-bond acceptors (Lipinski definition) is 3. The minimum absolute atomic E-state index is 0.175. The van der Waals surface area contributed by atoms with E-state index < -0.39 is 23.3 Å². The molecule has 1 N–H and O–H groups in total. The van der Waals surface area contributed by atoms with E-state index in [-0.39, 0.29) is 11.3 Å². The van der Waals surface area contributed by atoms with Gasteiger partial charge in [0.05, 0.1) is 12.1 Å². The van der Waals surface area contributed by atoms with Crippen molar-refractivity contribution in [3.63, 3.8) is 0 Å². The predicted molar refractivity (Wildman–Crippen MR) is 68.9 cm³/mol. The predicted octanol–water partition coefficient (Wildman–Crippen LogP) is 2.38. The lowest BCUT2D eigenvalue weighted by Gasteiger charge is -2.48. The normalized spacial score (nSPS) is 17.4. The van der Waals surface area contributed by atoms with E-state index in [2.05, 4.69) is 5.10 Å². The Morgan fingerprint density at radius 1 is 1.48 bits per heavy atom. The number of likely N-dealkylation sites (N-methyl/N-ethyl adjacent to an activating group) is 1. The minimum atomic E-state index is -4.55. The molecule has 1 aliphatic carbocycles. The van der Waals surface area contributed by atoms with Crippen molar-refractivity contribution in [3.05, 3.63) is 17.0 Å². The van der Waals surface area contributed by atoms with E-state index in [1.807, 2.05) is 5.10 Å². The number of methoxy groups -OCH3 is 1. The highest BCUT2D eigenvalue weighted by Gasteiger charge is 2.45. The second kappa shape index (κ2) is 5.32. The molecule has 21 heavy (non-hydrogen) atoms. The Morgan fingerprint density at radius 3 is 2.48 bits per heavy atom. The monoisotopic (exact) mass is 305 g/mol. The molecule has 0 radical (unpaired) electrons. The number of carbonyl (C=O) groups is 1. The quantitative estimate of drug-likeness (QED) is 0.929. The van der Waals surface area contributed by atoms with Crippen LogP contribution in [0.2, 0.25) is 0 Å². The molecule has 0 spiro atoms. The van der Waals surface area contributed by atoms with Crippen LogP contribution in [0.1, 0.15) is 41.0 Å². The first-order valence-corrected chi connectivity index (χ1v) is 6.62. The summed E-state index contributed by atoms with van der Waals surface area (Å²) < 4.78 is 43.4. The van der Waals surface area contributed by atoms with Crippen molar-refractivity contribution in [2.24, 2.45) is 0 Å². The lowest BCUT2D eigenvalue weighted by atomic mass is 9.76. The first-order chi connectivity index (χ1) is 9.73. The van der Waals surface area contributed by atoms with Gasteiger partial charge in [-0.1, -0.05) is 0 Å². The summed E-state index contributed by atoms with van der Waals surface area (Å²) in [5.74, 6) is -0.518. The molecule has 1 aliphatic rings. The number of nitrogens with one attached hydrogen (secondary N) is 1. The summed E-state index contributed by atoms with van der Waals surface area (Å²) in [7, 11) is 3.13. The van der Waals surface area contributed by atoms with Crippen LogP contribution in [0.3, 0.4) is 0 Å². The standard InChI is InChI=1S/C13H18F3N3O2/c1-8-9(17-18-10(8)13(14,15)16)11(20)19(2)12(7-21-3)5-4-6-12/h4-7H2,1-3H3,(H,17,18). The molecule has 1 heterocycles. The number of hydrogen-bond donors (Lipinski definition) is 1. The Hall–Kier alpha value is -1.57. The van der Waals surface area contributed by atoms with Crippen LogP contribution in [-0.2, 0) is 10.9 Å². The van der Waals surface area contributed by atoms with Gasteiger partial charge in [-0.3, -0.25) is 9.89 Å². The van der Waals surface area contributed by atoms with E-state index >= 15 is 0 Å². The third kappa shape index (κ3) is 2.64. The summed E-state index contributed by atoms with van der Waals surface area (Å²) in [6.07, 6.45) is -2.03. The second-order valence-corrected chi connectivity index (χ2v) is 5.45. The number of amides is 1. The largest absolute Gasteiger partial charge is 0.433 e. The molecule has 1 aromatic heterocycles. The van der Waals surface area contributed by atoms with Crippen molar-refractivity contribution in [1.82, 2.24) is 15.1 Å². The van der Waals surface area contributed by atoms with Crippen molar-refractivity contribution in [1.29, 1.82) is 0 Å². The number of H-pyrrole nitrogens is 1. The van der Waals surface area contributed by atoms with Crippen LogP contribution in [0.25, 0.3) is 0 Å². The zero-order valence-corrected chi connectivity index (χ0v) is 12.2. The van der Waals surface area contributed by atoms with Gasteiger partial charge in [-0.15, -0.1) is 0 Å².